The van der Waals surface area contributed by atoms with Gasteiger partial charge in [0.25, 0.3) is 0 Å². The van der Waals surface area contributed by atoms with Crippen LogP contribution in [0, 0.1) is 0 Å². The molecule has 1 aromatic carbocycles. The molecule has 1 aliphatic heterocycles. The van der Waals surface area contributed by atoms with Crippen LogP contribution in [-0.4, -0.2) is 31.5 Å². The van der Waals surface area contributed by atoms with Crippen molar-refractivity contribution in [1.29, 1.82) is 0 Å². The minimum atomic E-state index is -0.291. The van der Waals surface area contributed by atoms with Gasteiger partial charge in [-0.25, -0.2) is 0 Å². The second kappa shape index (κ2) is 5.85. The highest BCUT2D eigenvalue weighted by Gasteiger charge is 2.47. The van der Waals surface area contributed by atoms with Crippen LogP contribution in [0.3, 0.4) is 0 Å². The molecule has 0 bridgehead atoms. The van der Waals surface area contributed by atoms with Crippen LogP contribution >= 0.6 is 0 Å². The molecule has 1 heterocycles. The zero-order valence-electron chi connectivity index (χ0n) is 13.9. The third-order valence-corrected chi connectivity index (χ3v) is 3.90. The lowest BCUT2D eigenvalue weighted by molar-refractivity contribution is -0.0846. The van der Waals surface area contributed by atoms with Crippen LogP contribution in [0.5, 0.6) is 11.5 Å². The Morgan fingerprint density at radius 3 is 2.52 bits per heavy atom. The first-order chi connectivity index (χ1) is 9.77. The van der Waals surface area contributed by atoms with Gasteiger partial charge in [0.05, 0.1) is 12.7 Å². The number of ether oxygens (including phenoxy) is 3. The van der Waals surface area contributed by atoms with Gasteiger partial charge in [-0.15, -0.1) is 0 Å². The van der Waals surface area contributed by atoms with Crippen LogP contribution in [0.1, 0.15) is 39.7 Å². The van der Waals surface area contributed by atoms with E-state index in [2.05, 4.69) is 33.0 Å². The molecule has 1 saturated heterocycles. The van der Waals surface area contributed by atoms with Crippen molar-refractivity contribution in [3.8, 4) is 11.5 Å². The fourth-order valence-corrected chi connectivity index (χ4v) is 2.97. The van der Waals surface area contributed by atoms with Crippen LogP contribution in [0.4, 0.5) is 0 Å². The molecule has 4 nitrogen and oxygen atoms in total. The Hall–Kier alpha value is -1.26. The summed E-state index contributed by atoms with van der Waals surface area (Å²) in [7, 11) is 3.60. The maximum atomic E-state index is 6.29. The third-order valence-electron chi connectivity index (χ3n) is 3.90. The van der Waals surface area contributed by atoms with Gasteiger partial charge in [-0.1, -0.05) is 0 Å². The Balaban J connectivity index is 2.23. The number of rotatable bonds is 5. The summed E-state index contributed by atoms with van der Waals surface area (Å²) in [5, 5.41) is 3.17. The molecule has 1 unspecified atom stereocenters. The normalized spacial score (nSPS) is 23.0. The molecule has 0 radical (unpaired) electrons. The van der Waals surface area contributed by atoms with Gasteiger partial charge in [-0.05, 0) is 52.9 Å². The van der Waals surface area contributed by atoms with Crippen LogP contribution < -0.4 is 14.8 Å². The molecule has 4 heteroatoms. The highest BCUT2D eigenvalue weighted by molar-refractivity contribution is 5.40. The minimum absolute atomic E-state index is 0.0384. The van der Waals surface area contributed by atoms with E-state index in [9.17, 15) is 0 Å². The quantitative estimate of drug-likeness (QED) is 0.905. The molecule has 0 amide bonds. The lowest BCUT2D eigenvalue weighted by atomic mass is 9.97. The Morgan fingerprint density at radius 1 is 1.29 bits per heavy atom. The lowest BCUT2D eigenvalue weighted by Gasteiger charge is -2.28. The Morgan fingerprint density at radius 2 is 2.00 bits per heavy atom. The fourth-order valence-electron chi connectivity index (χ4n) is 2.97. The fraction of sp³-hybridized carbons (Fsp3) is 0.647. The molecule has 0 spiro atoms. The number of hydrogen-bond acceptors (Lipinski definition) is 4. The van der Waals surface area contributed by atoms with E-state index in [1.54, 1.807) is 7.11 Å². The molecule has 118 valence electrons. The van der Waals surface area contributed by atoms with Gasteiger partial charge < -0.3 is 19.5 Å². The predicted molar refractivity (Wildman–Crippen MR) is 84.0 cm³/mol. The molecule has 1 atom stereocenters. The van der Waals surface area contributed by atoms with E-state index in [4.69, 9.17) is 14.2 Å². The maximum Gasteiger partial charge on any atom is 0.130 e. The molecular formula is C17H27NO3. The van der Waals surface area contributed by atoms with Crippen molar-refractivity contribution in [2.45, 2.75) is 58.0 Å². The summed E-state index contributed by atoms with van der Waals surface area (Å²) in [5.74, 6) is 1.74. The topological polar surface area (TPSA) is 39.7 Å². The molecular weight excluding hydrogens is 266 g/mol. The van der Waals surface area contributed by atoms with Gasteiger partial charge >= 0.3 is 0 Å². The van der Waals surface area contributed by atoms with Gasteiger partial charge in [0.1, 0.15) is 23.2 Å². The molecule has 1 aromatic rings. The average molecular weight is 293 g/mol. The standard InChI is InChI=1S/C17H27NO3/c1-16(2)10-15(17(3,4)21-16)20-14-8-7-13(19-6)9-12(14)11-18-5/h7-9,15,18H,10-11H2,1-6H3. The Kier molecular flexibility index (Phi) is 4.49. The Labute approximate surface area is 127 Å². The van der Waals surface area contributed by atoms with Crippen molar-refractivity contribution in [1.82, 2.24) is 5.32 Å². The molecule has 0 aliphatic carbocycles. The summed E-state index contributed by atoms with van der Waals surface area (Å²) >= 11 is 0. The van der Waals surface area contributed by atoms with E-state index >= 15 is 0 Å². The summed E-state index contributed by atoms with van der Waals surface area (Å²) in [6, 6.07) is 5.93. The lowest BCUT2D eigenvalue weighted by Crippen LogP contribution is -2.37. The summed E-state index contributed by atoms with van der Waals surface area (Å²) in [4.78, 5) is 0. The van der Waals surface area contributed by atoms with Gasteiger partial charge in [0.2, 0.25) is 0 Å². The average Bonchev–Trinajstić information content (AvgIpc) is 2.59. The largest absolute Gasteiger partial charge is 0.497 e. The van der Waals surface area contributed by atoms with E-state index in [-0.39, 0.29) is 17.3 Å². The number of benzene rings is 1. The molecule has 1 aliphatic rings. The van der Waals surface area contributed by atoms with Gasteiger partial charge in [0, 0.05) is 18.5 Å². The van der Waals surface area contributed by atoms with E-state index in [1.807, 2.05) is 25.2 Å². The highest BCUT2D eigenvalue weighted by atomic mass is 16.6. The number of methoxy groups -OCH3 is 1. The monoisotopic (exact) mass is 293 g/mol. The van der Waals surface area contributed by atoms with E-state index in [1.165, 1.54) is 0 Å². The SMILES string of the molecule is CNCc1cc(OC)ccc1OC1CC(C)(C)OC1(C)C. The van der Waals surface area contributed by atoms with E-state index < -0.39 is 0 Å². The number of hydrogen-bond donors (Lipinski definition) is 1. The maximum absolute atomic E-state index is 6.29. The van der Waals surface area contributed by atoms with Crippen LogP contribution in [0.25, 0.3) is 0 Å². The van der Waals surface area contributed by atoms with Crippen molar-refractivity contribution in [3.63, 3.8) is 0 Å². The molecule has 2 rings (SSSR count). The van der Waals surface area contributed by atoms with E-state index in [0.29, 0.717) is 0 Å². The van der Waals surface area contributed by atoms with Crippen molar-refractivity contribution >= 4 is 0 Å². The first-order valence-electron chi connectivity index (χ1n) is 7.46. The summed E-state index contributed by atoms with van der Waals surface area (Å²) in [5.41, 5.74) is 0.654. The molecule has 1 fully saturated rings. The number of nitrogens with one attached hydrogen (secondary N) is 1. The molecule has 0 saturated carbocycles. The van der Waals surface area contributed by atoms with E-state index in [0.717, 1.165) is 30.0 Å². The van der Waals surface area contributed by atoms with Crippen LogP contribution in [0.2, 0.25) is 0 Å². The van der Waals surface area contributed by atoms with Gasteiger partial charge in [-0.3, -0.25) is 0 Å². The van der Waals surface area contributed by atoms with Crippen molar-refractivity contribution in [2.75, 3.05) is 14.2 Å². The molecule has 21 heavy (non-hydrogen) atoms. The molecule has 1 N–H and O–H groups in total. The predicted octanol–water partition coefficient (Wildman–Crippen LogP) is 3.14. The minimum Gasteiger partial charge on any atom is -0.497 e. The van der Waals surface area contributed by atoms with Gasteiger partial charge in [0.15, 0.2) is 0 Å². The highest BCUT2D eigenvalue weighted by Crippen LogP contribution is 2.40. The molecule has 0 aromatic heterocycles. The zero-order chi connectivity index (χ0) is 15.7. The van der Waals surface area contributed by atoms with Gasteiger partial charge in [-0.2, -0.15) is 0 Å². The summed E-state index contributed by atoms with van der Waals surface area (Å²) in [6.45, 7) is 9.15. The Bertz CT molecular complexity index is 497. The van der Waals surface area contributed by atoms with Crippen molar-refractivity contribution in [2.24, 2.45) is 0 Å². The second-order valence-corrected chi connectivity index (χ2v) is 6.78. The van der Waals surface area contributed by atoms with Crippen molar-refractivity contribution < 1.29 is 14.2 Å². The summed E-state index contributed by atoms with van der Waals surface area (Å²) < 4.78 is 17.7. The second-order valence-electron chi connectivity index (χ2n) is 6.78. The first-order valence-corrected chi connectivity index (χ1v) is 7.46. The zero-order valence-corrected chi connectivity index (χ0v) is 13.9. The smallest absolute Gasteiger partial charge is 0.130 e. The third kappa shape index (κ3) is 3.69. The summed E-state index contributed by atoms with van der Waals surface area (Å²) in [6.07, 6.45) is 0.918. The first kappa shape index (κ1) is 16.1. The van der Waals surface area contributed by atoms with Crippen LogP contribution in [0.15, 0.2) is 18.2 Å². The van der Waals surface area contributed by atoms with Crippen molar-refractivity contribution in [3.05, 3.63) is 23.8 Å². The van der Waals surface area contributed by atoms with Crippen LogP contribution in [-0.2, 0) is 11.3 Å².